The minimum Gasteiger partial charge on any atom is -0.409 e. The number of hydrogen-bond acceptors (Lipinski definition) is 4. The highest BCUT2D eigenvalue weighted by Gasteiger charge is 2.08. The summed E-state index contributed by atoms with van der Waals surface area (Å²) in [6, 6.07) is 5.60. The summed E-state index contributed by atoms with van der Waals surface area (Å²) < 4.78 is 0.876. The van der Waals surface area contributed by atoms with Gasteiger partial charge < -0.3 is 16.0 Å². The standard InChI is InChI=1S/C10H13BrN2O2S/c11-7-2-3-9(16-5-1-4-14)8(6-7)10(12)13-15/h2-3,6,14-15H,1,4-5H2,(H2,12,13). The van der Waals surface area contributed by atoms with E-state index in [9.17, 15) is 0 Å². The van der Waals surface area contributed by atoms with Gasteiger partial charge in [0, 0.05) is 27.3 Å². The predicted octanol–water partition coefficient (Wildman–Crippen LogP) is 2.02. The molecule has 0 aliphatic heterocycles. The molecule has 0 aliphatic rings. The van der Waals surface area contributed by atoms with Crippen molar-refractivity contribution in [3.05, 3.63) is 28.2 Å². The number of benzene rings is 1. The summed E-state index contributed by atoms with van der Waals surface area (Å²) in [6.07, 6.45) is 0.719. The van der Waals surface area contributed by atoms with Crippen LogP contribution in [0.4, 0.5) is 0 Å². The highest BCUT2D eigenvalue weighted by Crippen LogP contribution is 2.26. The van der Waals surface area contributed by atoms with Crippen LogP contribution < -0.4 is 5.73 Å². The highest BCUT2D eigenvalue weighted by atomic mass is 79.9. The highest BCUT2D eigenvalue weighted by molar-refractivity contribution is 9.10. The molecule has 0 aromatic heterocycles. The van der Waals surface area contributed by atoms with Crippen LogP contribution in [0.2, 0.25) is 0 Å². The van der Waals surface area contributed by atoms with Crippen molar-refractivity contribution in [1.29, 1.82) is 0 Å². The van der Waals surface area contributed by atoms with Crippen molar-refractivity contribution < 1.29 is 10.3 Å². The van der Waals surface area contributed by atoms with E-state index in [2.05, 4.69) is 21.1 Å². The van der Waals surface area contributed by atoms with Crippen LogP contribution in [0.3, 0.4) is 0 Å². The van der Waals surface area contributed by atoms with Crippen molar-refractivity contribution >= 4 is 33.5 Å². The second kappa shape index (κ2) is 6.78. The smallest absolute Gasteiger partial charge is 0.171 e. The molecule has 0 aliphatic carbocycles. The van der Waals surface area contributed by atoms with Crippen molar-refractivity contribution in [3.63, 3.8) is 0 Å². The Kier molecular flexibility index (Phi) is 5.65. The largest absolute Gasteiger partial charge is 0.409 e. The molecular weight excluding hydrogens is 292 g/mol. The number of nitrogens with two attached hydrogens (primary N) is 1. The van der Waals surface area contributed by atoms with Crippen LogP contribution in [0, 0.1) is 0 Å². The quantitative estimate of drug-likeness (QED) is 0.194. The maximum absolute atomic E-state index is 8.70. The van der Waals surface area contributed by atoms with E-state index < -0.39 is 0 Å². The fourth-order valence-corrected chi connectivity index (χ4v) is 2.47. The van der Waals surface area contributed by atoms with Gasteiger partial charge in [0.2, 0.25) is 0 Å². The first-order valence-corrected chi connectivity index (χ1v) is 6.48. The molecule has 0 atom stereocenters. The minimum absolute atomic E-state index is 0.0906. The molecule has 88 valence electrons. The molecule has 4 nitrogen and oxygen atoms in total. The van der Waals surface area contributed by atoms with Crippen molar-refractivity contribution in [3.8, 4) is 0 Å². The lowest BCUT2D eigenvalue weighted by molar-refractivity contribution is 0.296. The molecule has 1 aromatic rings. The zero-order chi connectivity index (χ0) is 12.0. The Bertz CT molecular complexity index is 385. The third kappa shape index (κ3) is 3.70. The van der Waals surface area contributed by atoms with Crippen LogP contribution in [0.1, 0.15) is 12.0 Å². The van der Waals surface area contributed by atoms with Crippen LogP contribution in [-0.4, -0.2) is 28.5 Å². The Balaban J connectivity index is 2.89. The third-order valence-electron chi connectivity index (χ3n) is 1.89. The van der Waals surface area contributed by atoms with E-state index in [-0.39, 0.29) is 12.4 Å². The Morgan fingerprint density at radius 3 is 2.88 bits per heavy atom. The Labute approximate surface area is 107 Å². The average Bonchev–Trinajstić information content (AvgIpc) is 2.30. The summed E-state index contributed by atoms with van der Waals surface area (Å²) in [5, 5.41) is 20.4. The van der Waals surface area contributed by atoms with E-state index in [1.807, 2.05) is 12.1 Å². The van der Waals surface area contributed by atoms with Gasteiger partial charge >= 0.3 is 0 Å². The zero-order valence-electron chi connectivity index (χ0n) is 8.56. The lowest BCUT2D eigenvalue weighted by Gasteiger charge is -2.08. The zero-order valence-corrected chi connectivity index (χ0v) is 11.0. The fraction of sp³-hybridized carbons (Fsp3) is 0.300. The molecule has 0 heterocycles. The third-order valence-corrected chi connectivity index (χ3v) is 3.54. The Morgan fingerprint density at radius 1 is 1.50 bits per heavy atom. The van der Waals surface area contributed by atoms with Crippen LogP contribution in [-0.2, 0) is 0 Å². The maximum atomic E-state index is 8.70. The van der Waals surface area contributed by atoms with Gasteiger partial charge in [0.25, 0.3) is 0 Å². The molecule has 4 N–H and O–H groups in total. The first-order chi connectivity index (χ1) is 7.69. The second-order valence-electron chi connectivity index (χ2n) is 3.05. The summed E-state index contributed by atoms with van der Waals surface area (Å²) in [5.74, 6) is 0.886. The van der Waals surface area contributed by atoms with Crippen molar-refractivity contribution in [2.45, 2.75) is 11.3 Å². The molecule has 0 saturated heterocycles. The number of nitrogens with zero attached hydrogens (tertiary/aromatic N) is 1. The molecule has 1 rings (SSSR count). The molecule has 6 heteroatoms. The van der Waals surface area contributed by atoms with Gasteiger partial charge in [-0.15, -0.1) is 11.8 Å². The number of aliphatic hydroxyl groups is 1. The van der Waals surface area contributed by atoms with E-state index >= 15 is 0 Å². The van der Waals surface area contributed by atoms with Crippen molar-refractivity contribution in [2.75, 3.05) is 12.4 Å². The summed E-state index contributed by atoms with van der Waals surface area (Å²) in [6.45, 7) is 0.169. The van der Waals surface area contributed by atoms with Gasteiger partial charge in [-0.25, -0.2) is 0 Å². The monoisotopic (exact) mass is 304 g/mol. The number of oxime groups is 1. The van der Waals surface area contributed by atoms with E-state index in [1.54, 1.807) is 17.8 Å². The van der Waals surface area contributed by atoms with E-state index in [4.69, 9.17) is 16.0 Å². The van der Waals surface area contributed by atoms with Crippen LogP contribution in [0.5, 0.6) is 0 Å². The lowest BCUT2D eigenvalue weighted by atomic mass is 10.2. The topological polar surface area (TPSA) is 78.8 Å². The minimum atomic E-state index is 0.0906. The number of hydrogen-bond donors (Lipinski definition) is 3. The predicted molar refractivity (Wildman–Crippen MR) is 69.1 cm³/mol. The number of rotatable bonds is 5. The molecular formula is C10H13BrN2O2S. The molecule has 16 heavy (non-hydrogen) atoms. The summed E-state index contributed by atoms with van der Waals surface area (Å²) in [7, 11) is 0. The summed E-state index contributed by atoms with van der Waals surface area (Å²) in [4.78, 5) is 0.937. The summed E-state index contributed by atoms with van der Waals surface area (Å²) >= 11 is 4.91. The number of halogens is 1. The molecule has 0 fully saturated rings. The van der Waals surface area contributed by atoms with Crippen LogP contribution in [0.15, 0.2) is 32.7 Å². The van der Waals surface area contributed by atoms with Gasteiger partial charge in [-0.3, -0.25) is 0 Å². The second-order valence-corrected chi connectivity index (χ2v) is 5.10. The molecule has 0 bridgehead atoms. The Morgan fingerprint density at radius 2 is 2.25 bits per heavy atom. The van der Waals surface area contributed by atoms with Gasteiger partial charge in [0.05, 0.1) is 0 Å². The van der Waals surface area contributed by atoms with E-state index in [0.29, 0.717) is 5.56 Å². The molecule has 0 saturated carbocycles. The maximum Gasteiger partial charge on any atom is 0.171 e. The van der Waals surface area contributed by atoms with Crippen molar-refractivity contribution in [1.82, 2.24) is 0 Å². The van der Waals surface area contributed by atoms with Gasteiger partial charge in [0.1, 0.15) is 0 Å². The van der Waals surface area contributed by atoms with Crippen molar-refractivity contribution in [2.24, 2.45) is 10.9 Å². The number of aliphatic hydroxyl groups excluding tert-OH is 1. The van der Waals surface area contributed by atoms with E-state index in [1.165, 1.54) is 0 Å². The van der Waals surface area contributed by atoms with Crippen LogP contribution >= 0.6 is 27.7 Å². The van der Waals surface area contributed by atoms with Crippen LogP contribution in [0.25, 0.3) is 0 Å². The first-order valence-electron chi connectivity index (χ1n) is 4.70. The average molecular weight is 305 g/mol. The van der Waals surface area contributed by atoms with E-state index in [0.717, 1.165) is 21.5 Å². The summed E-state index contributed by atoms with van der Waals surface area (Å²) in [5.41, 5.74) is 6.28. The molecule has 0 radical (unpaired) electrons. The van der Waals surface area contributed by atoms with Gasteiger partial charge in [-0.05, 0) is 24.6 Å². The molecule has 0 amide bonds. The lowest BCUT2D eigenvalue weighted by Crippen LogP contribution is -2.14. The normalized spacial score (nSPS) is 11.8. The van der Waals surface area contributed by atoms with Gasteiger partial charge in [0.15, 0.2) is 5.84 Å². The van der Waals surface area contributed by atoms with Gasteiger partial charge in [-0.1, -0.05) is 21.1 Å². The SMILES string of the molecule is N/C(=N/O)c1cc(Br)ccc1SCCCO. The molecule has 0 unspecified atom stereocenters. The number of thioether (sulfide) groups is 1. The number of amidine groups is 1. The molecule has 1 aromatic carbocycles. The first kappa shape index (κ1) is 13.3. The van der Waals surface area contributed by atoms with Gasteiger partial charge in [-0.2, -0.15) is 0 Å². The fourth-order valence-electron chi connectivity index (χ4n) is 1.13. The molecule has 0 spiro atoms. The Hall–Kier alpha value is -0.720.